The first-order valence-electron chi connectivity index (χ1n) is 6.78. The number of carbonyl (C=O) groups excluding carboxylic acids is 2. The van der Waals surface area contributed by atoms with E-state index in [1.54, 1.807) is 0 Å². The minimum atomic E-state index is -1.09. The fourth-order valence-corrected chi connectivity index (χ4v) is 2.88. The van der Waals surface area contributed by atoms with Crippen LogP contribution in [0.4, 0.5) is 0 Å². The van der Waals surface area contributed by atoms with Crippen molar-refractivity contribution in [3.05, 3.63) is 0 Å². The predicted octanol–water partition coefficient (Wildman–Crippen LogP) is -0.162. The summed E-state index contributed by atoms with van der Waals surface area (Å²) in [5.41, 5.74) is 0. The van der Waals surface area contributed by atoms with Gasteiger partial charge in [0.15, 0.2) is 0 Å². The first-order valence-corrected chi connectivity index (χ1v) is 6.78. The van der Waals surface area contributed by atoms with Crippen LogP contribution >= 0.6 is 0 Å². The van der Waals surface area contributed by atoms with Gasteiger partial charge in [0.05, 0.1) is 6.10 Å². The Morgan fingerprint density at radius 2 is 1.83 bits per heavy atom. The van der Waals surface area contributed by atoms with Gasteiger partial charge in [0.2, 0.25) is 5.91 Å². The maximum Gasteiger partial charge on any atom is 0.223 e. The number of aliphatic carboxylic acids is 1. The highest BCUT2D eigenvalue weighted by Crippen LogP contribution is 2.29. The lowest BCUT2D eigenvalue weighted by atomic mass is 9.78. The van der Waals surface area contributed by atoms with Crippen molar-refractivity contribution in [1.29, 1.82) is 0 Å². The van der Waals surface area contributed by atoms with Gasteiger partial charge in [0, 0.05) is 31.0 Å². The first kappa shape index (κ1) is 13.3. The summed E-state index contributed by atoms with van der Waals surface area (Å²) in [5, 5.41) is 13.8. The lowest BCUT2D eigenvalue weighted by Crippen LogP contribution is -2.45. The number of hydrogen-bond donors (Lipinski definition) is 1. The minimum absolute atomic E-state index is 0.0962. The van der Waals surface area contributed by atoms with E-state index in [9.17, 15) is 14.7 Å². The van der Waals surface area contributed by atoms with Crippen LogP contribution in [0.25, 0.3) is 0 Å². The van der Waals surface area contributed by atoms with Gasteiger partial charge in [-0.05, 0) is 25.7 Å². The van der Waals surface area contributed by atoms with E-state index in [1.165, 1.54) is 0 Å². The highest BCUT2D eigenvalue weighted by molar-refractivity contribution is 5.84. The molecule has 0 radical (unpaired) electrons. The number of carboxylic acid groups (broad SMARTS) is 1. The van der Waals surface area contributed by atoms with E-state index in [4.69, 9.17) is 4.74 Å². The molecule has 1 saturated carbocycles. The molecule has 5 nitrogen and oxygen atoms in total. The van der Waals surface area contributed by atoms with Gasteiger partial charge in [-0.25, -0.2) is 0 Å². The van der Waals surface area contributed by atoms with Gasteiger partial charge < -0.3 is 20.0 Å². The quantitative estimate of drug-likeness (QED) is 0.756. The largest absolute Gasteiger partial charge is 0.550 e. The molecule has 1 saturated heterocycles. The van der Waals surface area contributed by atoms with Gasteiger partial charge in [-0.15, -0.1) is 0 Å². The highest BCUT2D eigenvalue weighted by Gasteiger charge is 2.32. The van der Waals surface area contributed by atoms with Crippen molar-refractivity contribution in [1.82, 2.24) is 5.32 Å². The molecule has 0 aromatic carbocycles. The van der Waals surface area contributed by atoms with E-state index in [-0.39, 0.29) is 12.0 Å². The van der Waals surface area contributed by atoms with Crippen molar-refractivity contribution in [2.75, 3.05) is 13.2 Å². The molecule has 1 aliphatic heterocycles. The molecule has 0 aromatic rings. The van der Waals surface area contributed by atoms with Crippen LogP contribution in [0, 0.1) is 11.8 Å². The maximum absolute atomic E-state index is 12.0. The van der Waals surface area contributed by atoms with Crippen molar-refractivity contribution >= 4 is 11.9 Å². The zero-order valence-corrected chi connectivity index (χ0v) is 10.5. The molecule has 0 spiro atoms. The average molecular weight is 254 g/mol. The molecule has 0 bridgehead atoms. The van der Waals surface area contributed by atoms with Crippen molar-refractivity contribution < 1.29 is 19.4 Å². The highest BCUT2D eigenvalue weighted by atomic mass is 16.5. The Morgan fingerprint density at radius 3 is 2.44 bits per heavy atom. The van der Waals surface area contributed by atoms with Crippen LogP contribution in [0.3, 0.4) is 0 Å². The number of ether oxygens (including phenoxy) is 1. The first-order chi connectivity index (χ1) is 8.68. The molecule has 2 rings (SSSR count). The Bertz CT molecular complexity index is 312. The fourth-order valence-electron chi connectivity index (χ4n) is 2.88. The fraction of sp³-hybridized carbons (Fsp3) is 0.846. The van der Waals surface area contributed by atoms with E-state index in [0.29, 0.717) is 19.4 Å². The Kier molecular flexibility index (Phi) is 4.58. The van der Waals surface area contributed by atoms with Crippen LogP contribution < -0.4 is 10.4 Å². The second-order valence-electron chi connectivity index (χ2n) is 5.20. The molecule has 1 amide bonds. The Labute approximate surface area is 107 Å². The maximum atomic E-state index is 12.0. The topological polar surface area (TPSA) is 78.5 Å². The summed E-state index contributed by atoms with van der Waals surface area (Å²) in [6.45, 7) is 1.25. The van der Waals surface area contributed by atoms with Gasteiger partial charge in [0.1, 0.15) is 0 Å². The molecule has 1 aliphatic carbocycles. The zero-order valence-electron chi connectivity index (χ0n) is 10.5. The Hall–Kier alpha value is -1.10. The number of amides is 1. The second-order valence-corrected chi connectivity index (χ2v) is 5.20. The number of carboxylic acids is 1. The van der Waals surface area contributed by atoms with Crippen molar-refractivity contribution in [2.45, 2.75) is 44.6 Å². The smallest absolute Gasteiger partial charge is 0.223 e. The third kappa shape index (κ3) is 3.22. The van der Waals surface area contributed by atoms with Crippen LogP contribution in [-0.2, 0) is 14.3 Å². The molecule has 0 unspecified atom stereocenters. The molecule has 5 heteroatoms. The number of nitrogens with one attached hydrogen (secondary N) is 1. The molecule has 0 aromatic heterocycles. The average Bonchev–Trinajstić information content (AvgIpc) is 2.89. The van der Waals surface area contributed by atoms with E-state index < -0.39 is 17.8 Å². The number of rotatable bonds is 4. The Balaban J connectivity index is 1.83. The minimum Gasteiger partial charge on any atom is -0.550 e. The molecular formula is C13H20NO4-. The molecule has 102 valence electrons. The molecule has 3 atom stereocenters. The molecule has 2 aliphatic rings. The molecule has 1 heterocycles. The van der Waals surface area contributed by atoms with Gasteiger partial charge in [0.25, 0.3) is 0 Å². The second kappa shape index (κ2) is 6.18. The van der Waals surface area contributed by atoms with Crippen molar-refractivity contribution in [3.63, 3.8) is 0 Å². The Morgan fingerprint density at radius 1 is 1.11 bits per heavy atom. The summed E-state index contributed by atoms with van der Waals surface area (Å²) < 4.78 is 5.42. The van der Waals surface area contributed by atoms with Gasteiger partial charge in [-0.2, -0.15) is 0 Å². The van der Waals surface area contributed by atoms with Gasteiger partial charge in [-0.3, -0.25) is 4.79 Å². The van der Waals surface area contributed by atoms with E-state index in [0.717, 1.165) is 32.3 Å². The summed E-state index contributed by atoms with van der Waals surface area (Å²) in [5.74, 6) is -2.29. The summed E-state index contributed by atoms with van der Waals surface area (Å²) in [7, 11) is 0. The summed E-state index contributed by atoms with van der Waals surface area (Å²) in [6, 6.07) is 0. The standard InChI is InChI=1S/C13H21NO4/c15-12(14-8-9-4-3-7-18-9)10-5-1-2-6-11(10)13(16)17/h9-11H,1-8H2,(H,14,15)(H,16,17)/p-1/t9-,10+,11-/m0/s1. The molecule has 18 heavy (non-hydrogen) atoms. The third-order valence-electron chi connectivity index (χ3n) is 3.93. The lowest BCUT2D eigenvalue weighted by molar-refractivity contribution is -0.314. The van der Waals surface area contributed by atoms with Crippen LogP contribution in [0.15, 0.2) is 0 Å². The SMILES string of the molecule is O=C([O-])[C@H]1CCCC[C@H]1C(=O)NC[C@@H]1CCCO1. The van der Waals surface area contributed by atoms with Crippen LogP contribution in [0.2, 0.25) is 0 Å². The molecule has 1 N–H and O–H groups in total. The molecular weight excluding hydrogens is 234 g/mol. The zero-order chi connectivity index (χ0) is 13.0. The van der Waals surface area contributed by atoms with Gasteiger partial charge >= 0.3 is 0 Å². The summed E-state index contributed by atoms with van der Waals surface area (Å²) in [4.78, 5) is 23.0. The van der Waals surface area contributed by atoms with Crippen LogP contribution in [-0.4, -0.2) is 31.1 Å². The summed E-state index contributed by atoms with van der Waals surface area (Å²) in [6.07, 6.45) is 5.09. The molecule has 2 fully saturated rings. The van der Waals surface area contributed by atoms with Crippen molar-refractivity contribution in [3.8, 4) is 0 Å². The number of carbonyl (C=O) groups is 2. The lowest BCUT2D eigenvalue weighted by Gasteiger charge is -2.31. The van der Waals surface area contributed by atoms with Gasteiger partial charge in [-0.1, -0.05) is 12.8 Å². The number of hydrogen-bond acceptors (Lipinski definition) is 4. The van der Waals surface area contributed by atoms with E-state index in [2.05, 4.69) is 5.32 Å². The van der Waals surface area contributed by atoms with E-state index in [1.807, 2.05) is 0 Å². The predicted molar refractivity (Wildman–Crippen MR) is 62.4 cm³/mol. The van der Waals surface area contributed by atoms with Crippen LogP contribution in [0.1, 0.15) is 38.5 Å². The third-order valence-corrected chi connectivity index (χ3v) is 3.93. The van der Waals surface area contributed by atoms with E-state index >= 15 is 0 Å². The van der Waals surface area contributed by atoms with Crippen LogP contribution in [0.5, 0.6) is 0 Å². The summed E-state index contributed by atoms with van der Waals surface area (Å²) >= 11 is 0. The van der Waals surface area contributed by atoms with Crippen molar-refractivity contribution in [2.24, 2.45) is 11.8 Å². The monoisotopic (exact) mass is 254 g/mol. The normalized spacial score (nSPS) is 32.1.